The Morgan fingerprint density at radius 3 is 1.33 bits per heavy atom. The number of unbranched alkanes of at least 4 members (excludes halogenated alkanes) is 14. The topological polar surface area (TPSA) is 52.6 Å². The van der Waals surface area contributed by atoms with Crippen molar-refractivity contribution in [2.45, 2.75) is 182 Å². The lowest BCUT2D eigenvalue weighted by atomic mass is 9.95. The van der Waals surface area contributed by atoms with Crippen LogP contribution in [0.25, 0.3) is 0 Å². The normalized spacial score (nSPS) is 12.3. The predicted molar refractivity (Wildman–Crippen MR) is 167 cm³/mol. The molecule has 0 bridgehead atoms. The molecule has 4 heteroatoms. The minimum atomic E-state index is -0.00745. The van der Waals surface area contributed by atoms with Gasteiger partial charge < -0.3 is 9.47 Å². The third kappa shape index (κ3) is 29.7. The molecule has 0 saturated carbocycles. The van der Waals surface area contributed by atoms with Gasteiger partial charge in [-0.2, -0.15) is 0 Å². The second-order valence-corrected chi connectivity index (χ2v) is 12.8. The van der Waals surface area contributed by atoms with Crippen LogP contribution in [0, 0.1) is 17.8 Å². The average Bonchev–Trinajstić information content (AvgIpc) is 2.89. The maximum atomic E-state index is 12.1. The summed E-state index contributed by atoms with van der Waals surface area (Å²) in [5.41, 5.74) is 0. The summed E-state index contributed by atoms with van der Waals surface area (Å²) in [5, 5.41) is 0. The molecule has 0 rings (SSSR count). The van der Waals surface area contributed by atoms with Crippen LogP contribution in [0.3, 0.4) is 0 Å². The fourth-order valence-corrected chi connectivity index (χ4v) is 5.15. The van der Waals surface area contributed by atoms with E-state index in [1.165, 1.54) is 96.3 Å². The first kappa shape index (κ1) is 37.9. The molecular weight excluding hydrogens is 484 g/mol. The number of ether oxygens (including phenoxy) is 2. The van der Waals surface area contributed by atoms with Crippen molar-refractivity contribution in [3.63, 3.8) is 0 Å². The molecule has 0 aliphatic heterocycles. The van der Waals surface area contributed by atoms with E-state index in [1.807, 2.05) is 0 Å². The molecule has 39 heavy (non-hydrogen) atoms. The second kappa shape index (κ2) is 28.5. The van der Waals surface area contributed by atoms with E-state index in [0.29, 0.717) is 32.0 Å². The van der Waals surface area contributed by atoms with E-state index in [9.17, 15) is 9.59 Å². The first-order valence-corrected chi connectivity index (χ1v) is 17.2. The van der Waals surface area contributed by atoms with Gasteiger partial charge in [0.25, 0.3) is 0 Å². The van der Waals surface area contributed by atoms with Crippen LogP contribution in [-0.4, -0.2) is 25.2 Å². The summed E-state index contributed by atoms with van der Waals surface area (Å²) in [6.45, 7) is 12.4. The van der Waals surface area contributed by atoms with E-state index in [2.05, 4.69) is 34.6 Å². The van der Waals surface area contributed by atoms with Crippen LogP contribution in [0.5, 0.6) is 0 Å². The van der Waals surface area contributed by atoms with E-state index in [1.54, 1.807) is 0 Å². The highest BCUT2D eigenvalue weighted by molar-refractivity contribution is 5.69. The van der Waals surface area contributed by atoms with Crippen molar-refractivity contribution in [3.8, 4) is 0 Å². The molecule has 232 valence electrons. The SMILES string of the molecule is CCC(CCCCCCCCCCCCCC(=O)OCCCCCC(C)C)CC(=O)OCCCCCC(C)C. The van der Waals surface area contributed by atoms with E-state index >= 15 is 0 Å². The van der Waals surface area contributed by atoms with Crippen molar-refractivity contribution in [2.24, 2.45) is 17.8 Å². The molecule has 0 heterocycles. The van der Waals surface area contributed by atoms with E-state index in [0.717, 1.165) is 50.4 Å². The van der Waals surface area contributed by atoms with Crippen molar-refractivity contribution in [1.82, 2.24) is 0 Å². The van der Waals surface area contributed by atoms with Crippen LogP contribution in [0.1, 0.15) is 182 Å². The number of hydrogen-bond acceptors (Lipinski definition) is 4. The van der Waals surface area contributed by atoms with Gasteiger partial charge in [0.2, 0.25) is 0 Å². The summed E-state index contributed by atoms with van der Waals surface area (Å²) in [4.78, 5) is 23.9. The number of esters is 2. The Labute approximate surface area is 244 Å². The third-order valence-corrected chi connectivity index (χ3v) is 7.90. The van der Waals surface area contributed by atoms with Crippen molar-refractivity contribution < 1.29 is 19.1 Å². The van der Waals surface area contributed by atoms with Gasteiger partial charge in [-0.3, -0.25) is 9.59 Å². The van der Waals surface area contributed by atoms with Crippen LogP contribution in [0.4, 0.5) is 0 Å². The van der Waals surface area contributed by atoms with Gasteiger partial charge in [-0.05, 0) is 43.4 Å². The maximum Gasteiger partial charge on any atom is 0.306 e. The Hall–Kier alpha value is -1.06. The zero-order valence-electron chi connectivity index (χ0n) is 27.0. The minimum Gasteiger partial charge on any atom is -0.466 e. The fraction of sp³-hybridized carbons (Fsp3) is 0.943. The lowest BCUT2D eigenvalue weighted by Gasteiger charge is -2.14. The molecule has 0 amide bonds. The summed E-state index contributed by atoms with van der Waals surface area (Å²) in [7, 11) is 0. The average molecular weight is 553 g/mol. The molecule has 1 unspecified atom stereocenters. The molecule has 0 N–H and O–H groups in total. The smallest absolute Gasteiger partial charge is 0.306 e. The molecule has 0 saturated heterocycles. The molecule has 0 fully saturated rings. The van der Waals surface area contributed by atoms with Crippen LogP contribution in [0.2, 0.25) is 0 Å². The molecule has 1 atom stereocenters. The minimum absolute atomic E-state index is 0.00745. The highest BCUT2D eigenvalue weighted by Gasteiger charge is 2.13. The van der Waals surface area contributed by atoms with E-state index < -0.39 is 0 Å². The Kier molecular flexibility index (Phi) is 27.7. The second-order valence-electron chi connectivity index (χ2n) is 12.8. The van der Waals surface area contributed by atoms with Crippen molar-refractivity contribution in [3.05, 3.63) is 0 Å². The zero-order valence-corrected chi connectivity index (χ0v) is 27.0. The summed E-state index contributed by atoms with van der Waals surface area (Å²) < 4.78 is 10.8. The summed E-state index contributed by atoms with van der Waals surface area (Å²) >= 11 is 0. The van der Waals surface area contributed by atoms with Gasteiger partial charge in [-0.15, -0.1) is 0 Å². The standard InChI is InChI=1S/C35H68O4/c1-6-33(30-35(37)39-29-23-17-19-25-32(4)5)26-20-14-12-10-8-7-9-11-13-15-21-27-34(36)38-28-22-16-18-24-31(2)3/h31-33H,6-30H2,1-5H3. The van der Waals surface area contributed by atoms with Gasteiger partial charge in [0, 0.05) is 12.8 Å². The first-order valence-electron chi connectivity index (χ1n) is 17.2. The molecule has 4 nitrogen and oxygen atoms in total. The van der Waals surface area contributed by atoms with Gasteiger partial charge in [-0.1, -0.05) is 144 Å². The largest absolute Gasteiger partial charge is 0.466 e. The van der Waals surface area contributed by atoms with Crippen molar-refractivity contribution >= 4 is 11.9 Å². The molecular formula is C35H68O4. The van der Waals surface area contributed by atoms with Gasteiger partial charge in [0.15, 0.2) is 0 Å². The Morgan fingerprint density at radius 1 is 0.487 bits per heavy atom. The molecule has 0 aromatic heterocycles. The highest BCUT2D eigenvalue weighted by atomic mass is 16.5. The Balaban J connectivity index is 3.43. The molecule has 0 aliphatic rings. The van der Waals surface area contributed by atoms with Crippen LogP contribution < -0.4 is 0 Å². The van der Waals surface area contributed by atoms with E-state index in [4.69, 9.17) is 9.47 Å². The van der Waals surface area contributed by atoms with Crippen LogP contribution in [0.15, 0.2) is 0 Å². The third-order valence-electron chi connectivity index (χ3n) is 7.90. The number of carbonyl (C=O) groups is 2. The molecule has 0 radical (unpaired) electrons. The molecule has 0 spiro atoms. The number of carbonyl (C=O) groups excluding carboxylic acids is 2. The van der Waals surface area contributed by atoms with Gasteiger partial charge in [-0.25, -0.2) is 0 Å². The molecule has 0 aromatic carbocycles. The van der Waals surface area contributed by atoms with Gasteiger partial charge in [0.1, 0.15) is 0 Å². The molecule has 0 aliphatic carbocycles. The quantitative estimate of drug-likeness (QED) is 0.0684. The number of hydrogen-bond donors (Lipinski definition) is 0. The summed E-state index contributed by atoms with van der Waals surface area (Å²) in [6, 6.07) is 0. The fourth-order valence-electron chi connectivity index (χ4n) is 5.15. The summed E-state index contributed by atoms with van der Waals surface area (Å²) in [5.74, 6) is 2.02. The monoisotopic (exact) mass is 553 g/mol. The first-order chi connectivity index (χ1) is 18.8. The predicted octanol–water partition coefficient (Wildman–Crippen LogP) is 11.0. The van der Waals surface area contributed by atoms with Crippen LogP contribution >= 0.6 is 0 Å². The van der Waals surface area contributed by atoms with Gasteiger partial charge >= 0.3 is 11.9 Å². The lowest BCUT2D eigenvalue weighted by Crippen LogP contribution is -2.12. The molecule has 0 aromatic rings. The van der Waals surface area contributed by atoms with Crippen molar-refractivity contribution in [1.29, 1.82) is 0 Å². The number of rotatable bonds is 29. The lowest BCUT2D eigenvalue weighted by molar-refractivity contribution is -0.145. The van der Waals surface area contributed by atoms with E-state index in [-0.39, 0.29) is 11.9 Å². The summed E-state index contributed by atoms with van der Waals surface area (Å²) in [6.07, 6.45) is 26.6. The highest BCUT2D eigenvalue weighted by Crippen LogP contribution is 2.20. The maximum absolute atomic E-state index is 12.1. The Bertz CT molecular complexity index is 543. The Morgan fingerprint density at radius 2 is 0.872 bits per heavy atom. The zero-order chi connectivity index (χ0) is 29.0. The van der Waals surface area contributed by atoms with Gasteiger partial charge in [0.05, 0.1) is 13.2 Å². The van der Waals surface area contributed by atoms with Crippen molar-refractivity contribution in [2.75, 3.05) is 13.2 Å². The van der Waals surface area contributed by atoms with Crippen LogP contribution in [-0.2, 0) is 19.1 Å².